The molecule has 0 aliphatic rings. The topological polar surface area (TPSA) is 112 Å². The monoisotopic (exact) mass is 236 g/mol. The van der Waals surface area contributed by atoms with Crippen LogP contribution in [0.1, 0.15) is 10.4 Å². The molecule has 0 amide bonds. The lowest BCUT2D eigenvalue weighted by atomic mass is 10.1. The average Bonchev–Trinajstić information content (AvgIpc) is 2.29. The molecule has 3 N–H and O–H groups in total. The number of aromatic amines is 2. The van der Waals surface area contributed by atoms with Crippen molar-refractivity contribution in [3.63, 3.8) is 0 Å². The molecule has 0 unspecified atom stereocenters. The normalized spacial score (nSPS) is 10.4. The van der Waals surface area contributed by atoms with Crippen LogP contribution in [-0.2, 0) is 0 Å². The van der Waals surface area contributed by atoms with Gasteiger partial charge in [-0.25, -0.2) is 4.79 Å². The van der Waals surface area contributed by atoms with Gasteiger partial charge in [0.05, 0.1) is 18.1 Å². The summed E-state index contributed by atoms with van der Waals surface area (Å²) >= 11 is 0. The molecule has 0 atom stereocenters. The van der Waals surface area contributed by atoms with Crippen LogP contribution in [0.15, 0.2) is 21.7 Å². The van der Waals surface area contributed by atoms with Crippen LogP contribution in [0.5, 0.6) is 5.75 Å². The van der Waals surface area contributed by atoms with Crippen LogP contribution in [-0.4, -0.2) is 28.2 Å². The summed E-state index contributed by atoms with van der Waals surface area (Å²) in [5.74, 6) is -1.08. The van der Waals surface area contributed by atoms with Crippen LogP contribution in [0.4, 0.5) is 0 Å². The van der Waals surface area contributed by atoms with Crippen LogP contribution in [0.2, 0.25) is 0 Å². The summed E-state index contributed by atoms with van der Waals surface area (Å²) < 4.78 is 4.89. The number of fused-ring (bicyclic) bond motifs is 1. The standard InChI is InChI=1S/C10H8N2O5/c1-17-7-3-6-5(2-4(7)10(15)16)11-8(13)9(14)12-6/h2-3H,1H3,(H,11,13)(H,12,14)(H,15,16). The van der Waals surface area contributed by atoms with Gasteiger partial charge in [-0.15, -0.1) is 0 Å². The number of hydrogen-bond donors (Lipinski definition) is 3. The minimum atomic E-state index is -1.18. The molecule has 2 rings (SSSR count). The maximum absolute atomic E-state index is 11.1. The van der Waals surface area contributed by atoms with Crippen molar-refractivity contribution in [3.8, 4) is 5.75 Å². The Labute approximate surface area is 93.7 Å². The van der Waals surface area contributed by atoms with Crippen molar-refractivity contribution in [2.45, 2.75) is 0 Å². The zero-order valence-electron chi connectivity index (χ0n) is 8.73. The van der Waals surface area contributed by atoms with Crippen molar-refractivity contribution in [3.05, 3.63) is 38.4 Å². The molecule has 0 fully saturated rings. The highest BCUT2D eigenvalue weighted by atomic mass is 16.5. The van der Waals surface area contributed by atoms with Gasteiger partial charge in [-0.05, 0) is 6.07 Å². The van der Waals surface area contributed by atoms with Gasteiger partial charge in [-0.1, -0.05) is 0 Å². The minimum absolute atomic E-state index is 0.0947. The second kappa shape index (κ2) is 3.78. The summed E-state index contributed by atoms with van der Waals surface area (Å²) in [6.45, 7) is 0. The molecule has 7 heteroatoms. The molecule has 0 saturated heterocycles. The van der Waals surface area contributed by atoms with E-state index in [4.69, 9.17) is 9.84 Å². The largest absolute Gasteiger partial charge is 0.496 e. The summed E-state index contributed by atoms with van der Waals surface area (Å²) in [7, 11) is 1.32. The Morgan fingerprint density at radius 1 is 1.18 bits per heavy atom. The zero-order chi connectivity index (χ0) is 12.6. The lowest BCUT2D eigenvalue weighted by Gasteiger charge is -2.06. The molecular weight excluding hydrogens is 228 g/mol. The van der Waals surface area contributed by atoms with Gasteiger partial charge in [0.2, 0.25) is 0 Å². The molecule has 0 spiro atoms. The van der Waals surface area contributed by atoms with Gasteiger partial charge < -0.3 is 19.8 Å². The van der Waals surface area contributed by atoms with E-state index in [9.17, 15) is 14.4 Å². The summed E-state index contributed by atoms with van der Waals surface area (Å²) in [6, 6.07) is 2.57. The van der Waals surface area contributed by atoms with Gasteiger partial charge in [0.1, 0.15) is 11.3 Å². The van der Waals surface area contributed by atoms with E-state index < -0.39 is 17.1 Å². The zero-order valence-corrected chi connectivity index (χ0v) is 8.73. The number of carboxylic acids is 1. The summed E-state index contributed by atoms with van der Waals surface area (Å²) in [4.78, 5) is 37.7. The molecule has 1 heterocycles. The lowest BCUT2D eigenvalue weighted by molar-refractivity contribution is 0.0693. The number of H-pyrrole nitrogens is 2. The quantitative estimate of drug-likeness (QED) is 0.631. The van der Waals surface area contributed by atoms with Crippen LogP contribution < -0.4 is 15.9 Å². The first-order valence-electron chi connectivity index (χ1n) is 4.60. The number of hydrogen-bond acceptors (Lipinski definition) is 4. The molecule has 1 aromatic carbocycles. The van der Waals surface area contributed by atoms with Crippen molar-refractivity contribution in [1.29, 1.82) is 0 Å². The van der Waals surface area contributed by atoms with E-state index in [0.29, 0.717) is 5.52 Å². The number of benzene rings is 1. The third-order valence-corrected chi connectivity index (χ3v) is 2.27. The van der Waals surface area contributed by atoms with E-state index in [-0.39, 0.29) is 16.8 Å². The smallest absolute Gasteiger partial charge is 0.339 e. The molecule has 0 aliphatic heterocycles. The van der Waals surface area contributed by atoms with E-state index in [2.05, 4.69) is 9.97 Å². The number of methoxy groups -OCH3 is 1. The predicted molar refractivity (Wildman–Crippen MR) is 58.7 cm³/mol. The van der Waals surface area contributed by atoms with Gasteiger partial charge >= 0.3 is 17.1 Å². The number of nitrogens with one attached hydrogen (secondary N) is 2. The molecule has 17 heavy (non-hydrogen) atoms. The molecule has 7 nitrogen and oxygen atoms in total. The number of aromatic nitrogens is 2. The summed E-state index contributed by atoms with van der Waals surface area (Å²) in [6.07, 6.45) is 0. The van der Waals surface area contributed by atoms with E-state index in [1.54, 1.807) is 0 Å². The first-order valence-corrected chi connectivity index (χ1v) is 4.60. The van der Waals surface area contributed by atoms with Gasteiger partial charge in [0.25, 0.3) is 0 Å². The Morgan fingerprint density at radius 3 is 2.18 bits per heavy atom. The van der Waals surface area contributed by atoms with E-state index in [1.807, 2.05) is 0 Å². The maximum atomic E-state index is 11.1. The molecule has 0 aliphatic carbocycles. The number of carboxylic acid groups (broad SMARTS) is 1. The summed E-state index contributed by atoms with van der Waals surface area (Å²) in [5.41, 5.74) is -1.20. The van der Waals surface area contributed by atoms with Crippen molar-refractivity contribution in [2.75, 3.05) is 7.11 Å². The Kier molecular flexibility index (Phi) is 2.43. The molecule has 2 aromatic rings. The predicted octanol–water partition coefficient (Wildman–Crippen LogP) is -0.0768. The van der Waals surface area contributed by atoms with Crippen molar-refractivity contribution in [2.24, 2.45) is 0 Å². The Hall–Kier alpha value is -2.57. The Bertz CT molecular complexity index is 713. The highest BCUT2D eigenvalue weighted by Gasteiger charge is 2.13. The van der Waals surface area contributed by atoms with E-state index in [0.717, 1.165) is 0 Å². The second-order valence-corrected chi connectivity index (χ2v) is 3.31. The van der Waals surface area contributed by atoms with Crippen LogP contribution in [0.3, 0.4) is 0 Å². The Balaban J connectivity index is 2.88. The van der Waals surface area contributed by atoms with Crippen LogP contribution in [0.25, 0.3) is 11.0 Å². The SMILES string of the molecule is COc1cc2[nH]c(=O)c(=O)[nH]c2cc1C(=O)O. The second-order valence-electron chi connectivity index (χ2n) is 3.31. The molecule has 0 radical (unpaired) electrons. The van der Waals surface area contributed by atoms with Crippen molar-refractivity contribution in [1.82, 2.24) is 9.97 Å². The number of aromatic carboxylic acids is 1. The third kappa shape index (κ3) is 1.78. The fourth-order valence-corrected chi connectivity index (χ4v) is 1.48. The van der Waals surface area contributed by atoms with Gasteiger partial charge in [-0.3, -0.25) is 9.59 Å². The number of rotatable bonds is 2. The molecule has 0 saturated carbocycles. The highest BCUT2D eigenvalue weighted by Crippen LogP contribution is 2.22. The van der Waals surface area contributed by atoms with Crippen molar-refractivity contribution >= 4 is 17.0 Å². The fourth-order valence-electron chi connectivity index (χ4n) is 1.48. The van der Waals surface area contributed by atoms with Crippen LogP contribution >= 0.6 is 0 Å². The molecular formula is C10H8N2O5. The fraction of sp³-hybridized carbons (Fsp3) is 0.100. The average molecular weight is 236 g/mol. The van der Waals surface area contributed by atoms with E-state index >= 15 is 0 Å². The third-order valence-electron chi connectivity index (χ3n) is 2.27. The first kappa shape index (κ1) is 10.9. The van der Waals surface area contributed by atoms with Gasteiger partial charge in [0.15, 0.2) is 0 Å². The maximum Gasteiger partial charge on any atom is 0.339 e. The highest BCUT2D eigenvalue weighted by molar-refractivity contribution is 5.95. The van der Waals surface area contributed by atoms with E-state index in [1.165, 1.54) is 19.2 Å². The number of ether oxygens (including phenoxy) is 1. The first-order chi connectivity index (χ1) is 8.02. The van der Waals surface area contributed by atoms with Crippen LogP contribution in [0, 0.1) is 0 Å². The molecule has 1 aromatic heterocycles. The molecule has 0 bridgehead atoms. The lowest BCUT2D eigenvalue weighted by Crippen LogP contribution is -2.29. The minimum Gasteiger partial charge on any atom is -0.496 e. The molecule has 88 valence electrons. The van der Waals surface area contributed by atoms with Gasteiger partial charge in [0, 0.05) is 6.07 Å². The number of carbonyl (C=O) groups is 1. The Morgan fingerprint density at radius 2 is 1.71 bits per heavy atom. The summed E-state index contributed by atoms with van der Waals surface area (Å²) in [5, 5.41) is 8.94. The van der Waals surface area contributed by atoms with Gasteiger partial charge in [-0.2, -0.15) is 0 Å². The van der Waals surface area contributed by atoms with Crippen molar-refractivity contribution < 1.29 is 14.6 Å².